The molecule has 1 rings (SSSR count). The molecule has 1 aliphatic rings. The van der Waals surface area contributed by atoms with Gasteiger partial charge in [0.15, 0.2) is 0 Å². The fraction of sp³-hybridized carbons (Fsp3) is 0.778. The van der Waals surface area contributed by atoms with E-state index in [1.54, 1.807) is 0 Å². The summed E-state index contributed by atoms with van der Waals surface area (Å²) < 4.78 is 0. The molecule has 0 aromatic carbocycles. The van der Waals surface area contributed by atoms with Gasteiger partial charge < -0.3 is 58.9 Å². The van der Waals surface area contributed by atoms with Gasteiger partial charge in [0.2, 0.25) is 41.4 Å². The number of hydrogen-bond acceptors (Lipinski definition) is 11. The topological polar surface area (TPSA) is 318 Å². The van der Waals surface area contributed by atoms with E-state index in [9.17, 15) is 48.6 Å². The maximum atomic E-state index is 14.0. The van der Waals surface area contributed by atoms with Crippen molar-refractivity contribution < 1.29 is 48.6 Å². The zero-order chi connectivity index (χ0) is 42.0. The van der Waals surface area contributed by atoms with E-state index in [2.05, 4.69) is 26.6 Å². The van der Waals surface area contributed by atoms with E-state index in [4.69, 9.17) is 17.2 Å². The summed E-state index contributed by atoms with van der Waals surface area (Å²) in [6.07, 6.45) is 1.48. The Labute approximate surface area is 323 Å². The molecule has 1 heterocycles. The zero-order valence-corrected chi connectivity index (χ0v) is 33.1. The molecule has 0 spiro atoms. The van der Waals surface area contributed by atoms with Gasteiger partial charge in [-0.3, -0.25) is 33.6 Å². The molecule has 7 amide bonds. The van der Waals surface area contributed by atoms with Crippen LogP contribution >= 0.6 is 0 Å². The predicted octanol–water partition coefficient (Wildman–Crippen LogP) is -2.05. The van der Waals surface area contributed by atoms with Crippen LogP contribution in [0.3, 0.4) is 0 Å². The van der Waals surface area contributed by atoms with Crippen LogP contribution in [0.15, 0.2) is 0 Å². The summed E-state index contributed by atoms with van der Waals surface area (Å²) in [7, 11) is 0. The van der Waals surface area contributed by atoms with Crippen LogP contribution in [0.25, 0.3) is 0 Å². The summed E-state index contributed by atoms with van der Waals surface area (Å²) in [4.78, 5) is 105. The monoisotopic (exact) mass is 783 g/mol. The maximum absolute atomic E-state index is 14.0. The Kier molecular flexibility index (Phi) is 21.4. The third-order valence-electron chi connectivity index (χ3n) is 8.98. The summed E-state index contributed by atoms with van der Waals surface area (Å²) in [6.45, 7) is 10.6. The number of aliphatic hydroxyl groups is 1. The van der Waals surface area contributed by atoms with E-state index >= 15 is 0 Å². The number of nitrogens with two attached hydrogens (primary N) is 3. The first-order valence-electron chi connectivity index (χ1n) is 19.1. The molecule has 0 aromatic rings. The average Bonchev–Trinajstić information content (AvgIpc) is 3.58. The lowest BCUT2D eigenvalue weighted by Gasteiger charge is -2.31. The van der Waals surface area contributed by atoms with E-state index < -0.39 is 103 Å². The van der Waals surface area contributed by atoms with Crippen molar-refractivity contribution in [1.29, 1.82) is 0 Å². The SMILES string of the molecule is CC(C)C[C@H](NC(=O)[C@H](CC(C)C)NC(=O)[C@@H]1CCCN1C(=O)[C@H](CC(N)=O)NC(=O)[C@H](CCCCN)NC(=O)[C@H](CO)NC(=O)[C@@H](N)CC(C)C)C(=O)O. The minimum atomic E-state index is -1.54. The van der Waals surface area contributed by atoms with Crippen LogP contribution in [0.2, 0.25) is 0 Å². The second-order valence-corrected chi connectivity index (χ2v) is 15.5. The number of rotatable bonds is 25. The highest BCUT2D eigenvalue weighted by Gasteiger charge is 2.40. The Morgan fingerprint density at radius 1 is 0.691 bits per heavy atom. The Balaban J connectivity index is 3.24. The molecule has 1 saturated heterocycles. The molecule has 7 atom stereocenters. The number of aliphatic hydroxyl groups excluding tert-OH is 1. The Hall–Kier alpha value is -4.36. The second kappa shape index (κ2) is 24.2. The van der Waals surface area contributed by atoms with Gasteiger partial charge in [-0.1, -0.05) is 41.5 Å². The third kappa shape index (κ3) is 17.3. The van der Waals surface area contributed by atoms with Crippen molar-refractivity contribution in [3.8, 4) is 0 Å². The third-order valence-corrected chi connectivity index (χ3v) is 8.98. The van der Waals surface area contributed by atoms with Crippen LogP contribution in [0.1, 0.15) is 99.3 Å². The van der Waals surface area contributed by atoms with Crippen molar-refractivity contribution in [2.75, 3.05) is 19.7 Å². The lowest BCUT2D eigenvalue weighted by atomic mass is 10.00. The standard InChI is InChI=1S/C36H65N9O10/c1-19(2)14-22(38)30(48)44-27(18-46)33(51)40-23(10-7-8-12-37)31(49)42-25(17-29(39)47)35(53)45-13-9-11-28(45)34(52)41-24(15-20(3)4)32(50)43-26(36(54)55)16-21(5)6/h19-28,46H,7-18,37-38H2,1-6H3,(H2,39,47)(H,40,51)(H,41,52)(H,42,49)(H,43,50)(H,44,48)(H,54,55)/t22-,23-,24-,25-,26-,27-,28-/m0/s1. The number of unbranched alkanes of at least 4 members (excludes halogenated alkanes) is 1. The number of carbonyl (C=O) groups is 8. The molecular formula is C36H65N9O10. The van der Waals surface area contributed by atoms with Crippen LogP contribution in [0.4, 0.5) is 0 Å². The number of carboxylic acid groups (broad SMARTS) is 1. The van der Waals surface area contributed by atoms with Gasteiger partial charge in [-0.05, 0) is 75.7 Å². The van der Waals surface area contributed by atoms with Gasteiger partial charge in [0.1, 0.15) is 36.3 Å². The van der Waals surface area contributed by atoms with Crippen molar-refractivity contribution in [2.24, 2.45) is 35.0 Å². The van der Waals surface area contributed by atoms with Crippen molar-refractivity contribution in [3.63, 3.8) is 0 Å². The van der Waals surface area contributed by atoms with Gasteiger partial charge in [-0.15, -0.1) is 0 Å². The van der Waals surface area contributed by atoms with Crippen molar-refractivity contribution in [2.45, 2.75) is 142 Å². The van der Waals surface area contributed by atoms with Crippen molar-refractivity contribution in [1.82, 2.24) is 31.5 Å². The Morgan fingerprint density at radius 3 is 1.73 bits per heavy atom. The molecule has 0 saturated carbocycles. The predicted molar refractivity (Wildman–Crippen MR) is 202 cm³/mol. The molecule has 1 fully saturated rings. The van der Waals surface area contributed by atoms with Crippen LogP contribution in [-0.2, 0) is 38.4 Å². The fourth-order valence-electron chi connectivity index (χ4n) is 6.23. The first-order chi connectivity index (χ1) is 25.7. The lowest BCUT2D eigenvalue weighted by Crippen LogP contribution is -2.60. The van der Waals surface area contributed by atoms with Gasteiger partial charge in [-0.2, -0.15) is 0 Å². The van der Waals surface area contributed by atoms with Crippen molar-refractivity contribution >= 4 is 47.3 Å². The van der Waals surface area contributed by atoms with E-state index in [1.165, 1.54) is 4.90 Å². The van der Waals surface area contributed by atoms with Crippen molar-refractivity contribution in [3.05, 3.63) is 0 Å². The fourth-order valence-corrected chi connectivity index (χ4v) is 6.23. The van der Waals surface area contributed by atoms with E-state index in [0.717, 1.165) is 0 Å². The molecule has 13 N–H and O–H groups in total. The largest absolute Gasteiger partial charge is 0.480 e. The number of hydrogen-bond donors (Lipinski definition) is 10. The molecular weight excluding hydrogens is 718 g/mol. The number of nitrogens with zero attached hydrogens (tertiary/aromatic N) is 1. The number of nitrogens with one attached hydrogen (secondary N) is 5. The van der Waals surface area contributed by atoms with Gasteiger partial charge in [0, 0.05) is 6.54 Å². The van der Waals surface area contributed by atoms with E-state index in [-0.39, 0.29) is 56.5 Å². The lowest BCUT2D eigenvalue weighted by molar-refractivity contribution is -0.144. The molecule has 0 aromatic heterocycles. The number of likely N-dealkylation sites (tertiary alicyclic amines) is 1. The van der Waals surface area contributed by atoms with E-state index in [1.807, 2.05) is 41.5 Å². The zero-order valence-electron chi connectivity index (χ0n) is 33.1. The molecule has 0 aliphatic carbocycles. The van der Waals surface area contributed by atoms with E-state index in [0.29, 0.717) is 25.7 Å². The highest BCUT2D eigenvalue weighted by molar-refractivity contribution is 5.98. The number of aliphatic carboxylic acids is 1. The van der Waals surface area contributed by atoms with Gasteiger partial charge in [0.05, 0.1) is 19.1 Å². The summed E-state index contributed by atoms with van der Waals surface area (Å²) in [5, 5.41) is 32.1. The normalized spacial score (nSPS) is 17.5. The van der Waals surface area contributed by atoms with Crippen LogP contribution < -0.4 is 43.8 Å². The Bertz CT molecular complexity index is 1330. The smallest absolute Gasteiger partial charge is 0.326 e. The summed E-state index contributed by atoms with van der Waals surface area (Å²) in [5.74, 6) is -6.78. The maximum Gasteiger partial charge on any atom is 0.326 e. The number of carbonyl (C=O) groups excluding carboxylic acids is 7. The number of carboxylic acids is 1. The molecule has 314 valence electrons. The first-order valence-corrected chi connectivity index (χ1v) is 19.1. The van der Waals surface area contributed by atoms with Gasteiger partial charge in [-0.25, -0.2) is 4.79 Å². The van der Waals surface area contributed by atoms with Gasteiger partial charge >= 0.3 is 5.97 Å². The minimum Gasteiger partial charge on any atom is -0.480 e. The first kappa shape index (κ1) is 48.7. The highest BCUT2D eigenvalue weighted by atomic mass is 16.4. The molecule has 55 heavy (non-hydrogen) atoms. The molecule has 0 unspecified atom stereocenters. The molecule has 0 bridgehead atoms. The molecule has 19 heteroatoms. The quantitative estimate of drug-likeness (QED) is 0.0448. The minimum absolute atomic E-state index is 0.0343. The van der Waals surface area contributed by atoms with Crippen LogP contribution in [-0.4, -0.2) is 124 Å². The Morgan fingerprint density at radius 2 is 1.20 bits per heavy atom. The van der Waals surface area contributed by atoms with Gasteiger partial charge in [0.25, 0.3) is 0 Å². The molecule has 19 nitrogen and oxygen atoms in total. The van der Waals surface area contributed by atoms with Crippen LogP contribution in [0, 0.1) is 17.8 Å². The van der Waals surface area contributed by atoms with Crippen LogP contribution in [0.5, 0.6) is 0 Å². The summed E-state index contributed by atoms with van der Waals surface area (Å²) in [5.41, 5.74) is 17.0. The highest BCUT2D eigenvalue weighted by Crippen LogP contribution is 2.21. The molecule has 1 aliphatic heterocycles. The summed E-state index contributed by atoms with van der Waals surface area (Å²) in [6, 6.07) is -8.62. The number of amides is 7. The average molecular weight is 784 g/mol. The summed E-state index contributed by atoms with van der Waals surface area (Å²) >= 11 is 0. The number of primary amides is 1. The second-order valence-electron chi connectivity index (χ2n) is 15.5. The molecule has 0 radical (unpaired) electrons.